The molecule has 0 bridgehead atoms. The quantitative estimate of drug-likeness (QED) is 0.732. The molecule has 0 saturated carbocycles. The van der Waals surface area contributed by atoms with E-state index in [-0.39, 0.29) is 0 Å². The van der Waals surface area contributed by atoms with Crippen molar-refractivity contribution < 1.29 is 18.3 Å². The fourth-order valence-electron chi connectivity index (χ4n) is 1.17. The molecule has 1 unspecified atom stereocenters. The van der Waals surface area contributed by atoms with Gasteiger partial charge in [-0.1, -0.05) is 0 Å². The van der Waals surface area contributed by atoms with Gasteiger partial charge in [-0.05, 0) is 6.07 Å². The van der Waals surface area contributed by atoms with Gasteiger partial charge in [0.2, 0.25) is 0 Å². The van der Waals surface area contributed by atoms with Crippen LogP contribution in [0.5, 0.6) is 0 Å². The molecule has 1 aromatic rings. The second-order valence-corrected chi connectivity index (χ2v) is 3.49. The summed E-state index contributed by atoms with van der Waals surface area (Å²) in [5.41, 5.74) is 0.802. The summed E-state index contributed by atoms with van der Waals surface area (Å²) >= 11 is 0. The lowest BCUT2D eigenvalue weighted by Gasteiger charge is -2.14. The molecule has 0 radical (unpaired) electrons. The summed E-state index contributed by atoms with van der Waals surface area (Å²) in [6.45, 7) is -0.138. The number of aryl methyl sites for hydroxylation is 1. The lowest BCUT2D eigenvalue weighted by atomic mass is 10.3. The van der Waals surface area contributed by atoms with Crippen molar-refractivity contribution in [2.24, 2.45) is 7.05 Å². The summed E-state index contributed by atoms with van der Waals surface area (Å²) in [6, 6.07) is 1.79. The molecule has 1 aromatic heterocycles. The summed E-state index contributed by atoms with van der Waals surface area (Å²) in [7, 11) is 1.77. The van der Waals surface area contributed by atoms with Crippen molar-refractivity contribution in [3.05, 3.63) is 18.0 Å². The second-order valence-electron chi connectivity index (χ2n) is 3.49. The molecule has 0 saturated heterocycles. The summed E-state index contributed by atoms with van der Waals surface area (Å²) in [6.07, 6.45) is -4.57. The van der Waals surface area contributed by atoms with Gasteiger partial charge < -0.3 is 10.4 Å². The third-order valence-corrected chi connectivity index (χ3v) is 2.04. The minimum atomic E-state index is -4.56. The van der Waals surface area contributed by atoms with Crippen LogP contribution in [0.2, 0.25) is 0 Å². The van der Waals surface area contributed by atoms with Gasteiger partial charge in [0.25, 0.3) is 0 Å². The average molecular weight is 237 g/mol. The van der Waals surface area contributed by atoms with Gasteiger partial charge >= 0.3 is 6.18 Å². The maximum absolute atomic E-state index is 11.9. The highest BCUT2D eigenvalue weighted by Gasteiger charge is 2.37. The van der Waals surface area contributed by atoms with Gasteiger partial charge in [-0.3, -0.25) is 4.68 Å². The van der Waals surface area contributed by atoms with Crippen molar-refractivity contribution in [1.82, 2.24) is 15.1 Å². The lowest BCUT2D eigenvalue weighted by molar-refractivity contribution is -0.201. The largest absolute Gasteiger partial charge is 0.415 e. The zero-order chi connectivity index (χ0) is 12.2. The Morgan fingerprint density at radius 2 is 2.25 bits per heavy atom. The van der Waals surface area contributed by atoms with Gasteiger partial charge in [-0.2, -0.15) is 18.3 Å². The molecule has 0 spiro atoms. The van der Waals surface area contributed by atoms with E-state index in [2.05, 4.69) is 10.4 Å². The number of alkyl halides is 3. The van der Waals surface area contributed by atoms with Gasteiger partial charge in [-0.15, -0.1) is 0 Å². The summed E-state index contributed by atoms with van der Waals surface area (Å²) in [5, 5.41) is 15.3. The molecule has 0 aliphatic carbocycles. The monoisotopic (exact) mass is 237 g/mol. The van der Waals surface area contributed by atoms with Crippen molar-refractivity contribution in [3.8, 4) is 0 Å². The Kier molecular flexibility index (Phi) is 4.31. The average Bonchev–Trinajstić information content (AvgIpc) is 2.57. The van der Waals surface area contributed by atoms with E-state index in [1.54, 1.807) is 24.0 Å². The molecule has 0 fully saturated rings. The predicted octanol–water partition coefficient (Wildman–Crippen LogP) is 0.475. The fourth-order valence-corrected chi connectivity index (χ4v) is 1.17. The van der Waals surface area contributed by atoms with Crippen LogP contribution in [-0.4, -0.2) is 40.3 Å². The van der Waals surface area contributed by atoms with Crippen LogP contribution in [0.1, 0.15) is 5.69 Å². The van der Waals surface area contributed by atoms with E-state index in [1.165, 1.54) is 0 Å². The zero-order valence-corrected chi connectivity index (χ0v) is 8.83. The molecule has 1 heterocycles. The molecule has 0 aromatic carbocycles. The Hall–Kier alpha value is -1.08. The summed E-state index contributed by atoms with van der Waals surface area (Å²) < 4.78 is 37.3. The maximum atomic E-state index is 11.9. The first kappa shape index (κ1) is 13.0. The van der Waals surface area contributed by atoms with Gasteiger partial charge in [0.15, 0.2) is 6.10 Å². The van der Waals surface area contributed by atoms with E-state index in [0.717, 1.165) is 5.69 Å². The summed E-state index contributed by atoms with van der Waals surface area (Å²) in [5.74, 6) is 0. The molecular formula is C9H14F3N3O. The Morgan fingerprint density at radius 1 is 1.56 bits per heavy atom. The third kappa shape index (κ3) is 4.19. The van der Waals surface area contributed by atoms with Crippen LogP contribution < -0.4 is 5.32 Å². The second kappa shape index (κ2) is 5.31. The van der Waals surface area contributed by atoms with Crippen LogP contribution in [0.25, 0.3) is 0 Å². The molecule has 2 N–H and O–H groups in total. The first-order valence-corrected chi connectivity index (χ1v) is 4.83. The fraction of sp³-hybridized carbons (Fsp3) is 0.667. The highest BCUT2D eigenvalue weighted by atomic mass is 19.4. The number of hydrogen-bond donors (Lipinski definition) is 2. The Labute approximate surface area is 91.1 Å². The van der Waals surface area contributed by atoms with E-state index < -0.39 is 18.8 Å². The van der Waals surface area contributed by atoms with Gasteiger partial charge in [0.1, 0.15) is 0 Å². The highest BCUT2D eigenvalue weighted by molar-refractivity contribution is 4.98. The zero-order valence-electron chi connectivity index (χ0n) is 8.83. The van der Waals surface area contributed by atoms with E-state index in [4.69, 9.17) is 5.11 Å². The first-order valence-electron chi connectivity index (χ1n) is 4.83. The van der Waals surface area contributed by atoms with Gasteiger partial charge in [0.05, 0.1) is 5.69 Å². The van der Waals surface area contributed by atoms with Gasteiger partial charge in [0, 0.05) is 32.8 Å². The predicted molar refractivity (Wildman–Crippen MR) is 51.8 cm³/mol. The molecule has 16 heavy (non-hydrogen) atoms. The number of nitrogens with zero attached hydrogens (tertiary/aromatic N) is 2. The van der Waals surface area contributed by atoms with E-state index in [0.29, 0.717) is 13.0 Å². The molecule has 7 heteroatoms. The molecule has 4 nitrogen and oxygen atoms in total. The van der Waals surface area contributed by atoms with Crippen LogP contribution in [0.4, 0.5) is 13.2 Å². The van der Waals surface area contributed by atoms with Crippen molar-refractivity contribution in [2.45, 2.75) is 18.7 Å². The van der Waals surface area contributed by atoms with E-state index in [1.807, 2.05) is 0 Å². The molecule has 0 amide bonds. The number of halogens is 3. The van der Waals surface area contributed by atoms with Crippen LogP contribution in [0, 0.1) is 0 Å². The minimum absolute atomic E-state index is 0.351. The normalized spacial score (nSPS) is 14.1. The Morgan fingerprint density at radius 3 is 2.75 bits per heavy atom. The van der Waals surface area contributed by atoms with Crippen LogP contribution in [0.3, 0.4) is 0 Å². The van der Waals surface area contributed by atoms with Gasteiger partial charge in [-0.25, -0.2) is 0 Å². The van der Waals surface area contributed by atoms with Crippen molar-refractivity contribution >= 4 is 0 Å². The number of rotatable bonds is 5. The van der Waals surface area contributed by atoms with Crippen molar-refractivity contribution in [1.29, 1.82) is 0 Å². The Bertz CT molecular complexity index is 324. The highest BCUT2D eigenvalue weighted by Crippen LogP contribution is 2.18. The maximum Gasteiger partial charge on any atom is 0.415 e. The minimum Gasteiger partial charge on any atom is -0.382 e. The molecular weight excluding hydrogens is 223 g/mol. The number of aliphatic hydroxyl groups is 1. The molecule has 92 valence electrons. The number of hydrogen-bond acceptors (Lipinski definition) is 3. The molecule has 0 aliphatic heterocycles. The SMILES string of the molecule is Cn1ccc(CCNCC(O)C(F)(F)F)n1. The topological polar surface area (TPSA) is 50.1 Å². The first-order chi connectivity index (χ1) is 7.39. The number of aromatic nitrogens is 2. The van der Waals surface area contributed by atoms with Crippen LogP contribution >= 0.6 is 0 Å². The van der Waals surface area contributed by atoms with E-state index in [9.17, 15) is 13.2 Å². The molecule has 0 aliphatic rings. The standard InChI is InChI=1S/C9H14F3N3O/c1-15-5-3-7(14-15)2-4-13-6-8(16)9(10,11)12/h3,5,8,13,16H,2,4,6H2,1H3. The number of aliphatic hydroxyl groups excluding tert-OH is 1. The smallest absolute Gasteiger partial charge is 0.382 e. The van der Waals surface area contributed by atoms with Crippen LogP contribution in [0.15, 0.2) is 12.3 Å². The van der Waals surface area contributed by atoms with Crippen molar-refractivity contribution in [3.63, 3.8) is 0 Å². The molecule has 1 rings (SSSR count). The third-order valence-electron chi connectivity index (χ3n) is 2.04. The molecule has 1 atom stereocenters. The van der Waals surface area contributed by atoms with Crippen LogP contribution in [-0.2, 0) is 13.5 Å². The number of nitrogens with one attached hydrogen (secondary N) is 1. The summed E-state index contributed by atoms with van der Waals surface area (Å²) in [4.78, 5) is 0. The Balaban J connectivity index is 2.17. The van der Waals surface area contributed by atoms with E-state index >= 15 is 0 Å². The van der Waals surface area contributed by atoms with Crippen molar-refractivity contribution in [2.75, 3.05) is 13.1 Å². The lowest BCUT2D eigenvalue weighted by Crippen LogP contribution is -2.39.